The molecule has 1 aromatic carbocycles. The van der Waals surface area contributed by atoms with Gasteiger partial charge >= 0.3 is 12.1 Å². The van der Waals surface area contributed by atoms with Crippen LogP contribution in [0.25, 0.3) is 0 Å². The van der Waals surface area contributed by atoms with E-state index in [1.54, 1.807) is 11.8 Å². The highest BCUT2D eigenvalue weighted by Crippen LogP contribution is 2.39. The number of amides is 2. The first-order valence-corrected chi connectivity index (χ1v) is 14.5. The minimum atomic E-state index is -0.677. The van der Waals surface area contributed by atoms with E-state index in [-0.39, 0.29) is 43.7 Å². The average molecular weight is 561 g/mol. The molecule has 1 saturated carbocycles. The molecular formula is C30H44N2O8. The van der Waals surface area contributed by atoms with Crippen LogP contribution in [0.4, 0.5) is 4.79 Å². The molecule has 0 aromatic heterocycles. The number of carbonyl (C=O) groups is 3. The second kappa shape index (κ2) is 13.2. The van der Waals surface area contributed by atoms with Crippen molar-refractivity contribution in [2.75, 3.05) is 39.6 Å². The van der Waals surface area contributed by atoms with Gasteiger partial charge in [-0.3, -0.25) is 9.59 Å². The van der Waals surface area contributed by atoms with Crippen LogP contribution in [-0.4, -0.2) is 85.7 Å². The number of esters is 1. The van der Waals surface area contributed by atoms with Crippen LogP contribution in [0.15, 0.2) is 24.3 Å². The van der Waals surface area contributed by atoms with E-state index in [4.69, 9.17) is 23.7 Å². The van der Waals surface area contributed by atoms with Gasteiger partial charge in [0.1, 0.15) is 18.0 Å². The lowest BCUT2D eigenvalue weighted by Gasteiger charge is -2.41. The summed E-state index contributed by atoms with van der Waals surface area (Å²) in [4.78, 5) is 38.7. The number of hydrogen-bond acceptors (Lipinski definition) is 8. The molecule has 2 heterocycles. The molecule has 2 saturated heterocycles. The van der Waals surface area contributed by atoms with Gasteiger partial charge in [0.2, 0.25) is 5.91 Å². The molecule has 0 unspecified atom stereocenters. The summed E-state index contributed by atoms with van der Waals surface area (Å²) >= 11 is 0. The standard InChI is InChI=1S/C30H44N2O8/c1-5-37-27(34)14-17-38-24-9-7-6-8-23(24)21-10-12-22(13-11-21)39-18-25-30(20-36-19-26(33)31-30)15-16-32(25)28(35)40-29(2,3)4/h6-9,21-22,25H,5,10-20H2,1-4H3,(H,31,33)/t21?,22?,25-,30+/m0/s1. The fourth-order valence-corrected chi connectivity index (χ4v) is 5.91. The summed E-state index contributed by atoms with van der Waals surface area (Å²) in [7, 11) is 0. The van der Waals surface area contributed by atoms with Crippen LogP contribution in [0, 0.1) is 0 Å². The summed E-state index contributed by atoms with van der Waals surface area (Å²) in [5.41, 5.74) is -0.150. The summed E-state index contributed by atoms with van der Waals surface area (Å²) in [6, 6.07) is 7.63. The zero-order valence-corrected chi connectivity index (χ0v) is 24.2. The van der Waals surface area contributed by atoms with E-state index in [2.05, 4.69) is 11.4 Å². The predicted octanol–water partition coefficient (Wildman–Crippen LogP) is 3.96. The van der Waals surface area contributed by atoms with Crippen molar-refractivity contribution in [1.29, 1.82) is 0 Å². The van der Waals surface area contributed by atoms with Crippen LogP contribution in [0.2, 0.25) is 0 Å². The molecule has 1 N–H and O–H groups in total. The van der Waals surface area contributed by atoms with Gasteiger partial charge in [0.15, 0.2) is 0 Å². The molecule has 10 heteroatoms. The third kappa shape index (κ3) is 7.66. The molecule has 1 aliphatic carbocycles. The monoisotopic (exact) mass is 560 g/mol. The minimum Gasteiger partial charge on any atom is -0.493 e. The summed E-state index contributed by atoms with van der Waals surface area (Å²) < 4.78 is 28.7. The number of nitrogens with zero attached hydrogens (tertiary/aromatic N) is 1. The summed E-state index contributed by atoms with van der Waals surface area (Å²) in [6.45, 7) is 9.10. The highest BCUT2D eigenvalue weighted by Gasteiger charge is 2.53. The maximum atomic E-state index is 13.1. The SMILES string of the molecule is CCOC(=O)CCOc1ccccc1C1CCC(OC[C@@H]2N(C(=O)OC(C)(C)C)CC[C@@]23COCC(=O)N3)CC1. The van der Waals surface area contributed by atoms with Crippen LogP contribution < -0.4 is 10.1 Å². The molecule has 4 rings (SSSR count). The second-order valence-corrected chi connectivity index (χ2v) is 11.9. The topological polar surface area (TPSA) is 113 Å². The molecule has 2 atom stereocenters. The number of ether oxygens (including phenoxy) is 5. The number of benzene rings is 1. The first-order valence-electron chi connectivity index (χ1n) is 14.5. The Morgan fingerprint density at radius 1 is 1.15 bits per heavy atom. The molecule has 2 amide bonds. The van der Waals surface area contributed by atoms with Crippen LogP contribution in [-0.2, 0) is 28.5 Å². The minimum absolute atomic E-state index is 0.0276. The molecule has 2 aliphatic heterocycles. The van der Waals surface area contributed by atoms with Gasteiger partial charge in [0.05, 0.1) is 50.5 Å². The van der Waals surface area contributed by atoms with Gasteiger partial charge in [-0.25, -0.2) is 4.79 Å². The van der Waals surface area contributed by atoms with Gasteiger partial charge in [-0.1, -0.05) is 18.2 Å². The number of para-hydroxylation sites is 1. The Labute approximate surface area is 237 Å². The van der Waals surface area contributed by atoms with E-state index >= 15 is 0 Å². The maximum absolute atomic E-state index is 13.1. The third-order valence-corrected chi connectivity index (χ3v) is 7.81. The quantitative estimate of drug-likeness (QED) is 0.452. The Bertz CT molecular complexity index is 1030. The normalized spacial score (nSPS) is 26.9. The first kappa shape index (κ1) is 30.1. The summed E-state index contributed by atoms with van der Waals surface area (Å²) in [5, 5.41) is 3.11. The third-order valence-electron chi connectivity index (χ3n) is 7.81. The fourth-order valence-electron chi connectivity index (χ4n) is 5.91. The Balaban J connectivity index is 1.34. The van der Waals surface area contributed by atoms with Crippen molar-refractivity contribution in [3.05, 3.63) is 29.8 Å². The van der Waals surface area contributed by atoms with Crippen molar-refractivity contribution in [2.24, 2.45) is 0 Å². The van der Waals surface area contributed by atoms with E-state index in [0.717, 1.165) is 37.0 Å². The van der Waals surface area contributed by atoms with Crippen molar-refractivity contribution in [2.45, 2.75) is 95.4 Å². The number of carbonyl (C=O) groups excluding carboxylic acids is 3. The van der Waals surface area contributed by atoms with E-state index < -0.39 is 17.2 Å². The number of nitrogens with one attached hydrogen (secondary N) is 1. The van der Waals surface area contributed by atoms with E-state index in [0.29, 0.717) is 38.7 Å². The predicted molar refractivity (Wildman–Crippen MR) is 147 cm³/mol. The molecule has 10 nitrogen and oxygen atoms in total. The van der Waals surface area contributed by atoms with Gasteiger partial charge in [-0.2, -0.15) is 0 Å². The number of hydrogen-bond donors (Lipinski definition) is 1. The molecule has 222 valence electrons. The molecule has 3 fully saturated rings. The molecule has 0 radical (unpaired) electrons. The molecular weight excluding hydrogens is 516 g/mol. The molecule has 0 bridgehead atoms. The van der Waals surface area contributed by atoms with Crippen LogP contribution in [0.1, 0.15) is 77.7 Å². The Morgan fingerprint density at radius 3 is 2.60 bits per heavy atom. The molecule has 1 aromatic rings. The van der Waals surface area contributed by atoms with E-state index in [9.17, 15) is 14.4 Å². The van der Waals surface area contributed by atoms with Crippen molar-refractivity contribution < 1.29 is 38.1 Å². The highest BCUT2D eigenvalue weighted by molar-refractivity contribution is 5.79. The maximum Gasteiger partial charge on any atom is 0.410 e. The molecule has 40 heavy (non-hydrogen) atoms. The van der Waals surface area contributed by atoms with E-state index in [1.165, 1.54) is 0 Å². The van der Waals surface area contributed by atoms with Crippen molar-refractivity contribution in [3.63, 3.8) is 0 Å². The Kier molecular flexibility index (Phi) is 9.94. The Morgan fingerprint density at radius 2 is 1.90 bits per heavy atom. The molecule has 3 aliphatic rings. The van der Waals surface area contributed by atoms with Gasteiger partial charge in [-0.15, -0.1) is 0 Å². The van der Waals surface area contributed by atoms with Gasteiger partial charge in [0.25, 0.3) is 0 Å². The van der Waals surface area contributed by atoms with Crippen LogP contribution >= 0.6 is 0 Å². The lowest BCUT2D eigenvalue weighted by atomic mass is 9.82. The largest absolute Gasteiger partial charge is 0.493 e. The van der Waals surface area contributed by atoms with Crippen LogP contribution in [0.5, 0.6) is 5.75 Å². The van der Waals surface area contributed by atoms with Crippen molar-refractivity contribution in [1.82, 2.24) is 10.2 Å². The van der Waals surface area contributed by atoms with E-state index in [1.807, 2.05) is 39.0 Å². The summed E-state index contributed by atoms with van der Waals surface area (Å²) in [5.74, 6) is 0.711. The van der Waals surface area contributed by atoms with Gasteiger partial charge in [0, 0.05) is 6.54 Å². The number of likely N-dealkylation sites (tertiary alicyclic amines) is 1. The number of rotatable bonds is 9. The van der Waals surface area contributed by atoms with Crippen LogP contribution in [0.3, 0.4) is 0 Å². The number of morpholine rings is 1. The highest BCUT2D eigenvalue weighted by atomic mass is 16.6. The Hall–Kier alpha value is -2.85. The average Bonchev–Trinajstić information content (AvgIpc) is 3.24. The zero-order chi connectivity index (χ0) is 28.8. The lowest BCUT2D eigenvalue weighted by molar-refractivity contribution is -0.143. The van der Waals surface area contributed by atoms with Crippen molar-refractivity contribution in [3.8, 4) is 5.75 Å². The summed E-state index contributed by atoms with van der Waals surface area (Å²) in [6.07, 6.45) is 4.08. The second-order valence-electron chi connectivity index (χ2n) is 11.9. The van der Waals surface area contributed by atoms with Gasteiger partial charge < -0.3 is 33.9 Å². The lowest BCUT2D eigenvalue weighted by Crippen LogP contribution is -2.65. The first-order chi connectivity index (χ1) is 19.1. The van der Waals surface area contributed by atoms with Gasteiger partial charge in [-0.05, 0) is 77.3 Å². The molecule has 1 spiro atoms. The smallest absolute Gasteiger partial charge is 0.410 e. The fraction of sp³-hybridized carbons (Fsp3) is 0.700. The van der Waals surface area contributed by atoms with Crippen molar-refractivity contribution >= 4 is 18.0 Å². The zero-order valence-electron chi connectivity index (χ0n) is 24.2.